The van der Waals surface area contributed by atoms with E-state index in [0.717, 1.165) is 25.9 Å². The number of rotatable bonds is 5. The molecule has 17 heavy (non-hydrogen) atoms. The van der Waals surface area contributed by atoms with Gasteiger partial charge < -0.3 is 10.8 Å². The highest BCUT2D eigenvalue weighted by Gasteiger charge is 2.24. The maximum atomic E-state index is 9.26. The van der Waals surface area contributed by atoms with Crippen LogP contribution in [0.1, 0.15) is 18.4 Å². The van der Waals surface area contributed by atoms with Gasteiger partial charge in [0.15, 0.2) is 0 Å². The zero-order valence-corrected chi connectivity index (χ0v) is 10.3. The number of nitrogens with zero attached hydrogens (tertiary/aromatic N) is 1. The van der Waals surface area contributed by atoms with Crippen molar-refractivity contribution in [2.45, 2.75) is 31.3 Å². The zero-order chi connectivity index (χ0) is 12.1. The van der Waals surface area contributed by atoms with Gasteiger partial charge in [0.05, 0.1) is 6.61 Å². The third-order valence-corrected chi connectivity index (χ3v) is 3.52. The molecule has 1 aromatic carbocycles. The maximum absolute atomic E-state index is 9.26. The normalized spacial score (nSPS) is 22.8. The smallest absolute Gasteiger partial charge is 0.0586 e. The summed E-state index contributed by atoms with van der Waals surface area (Å²) < 4.78 is 0. The van der Waals surface area contributed by atoms with Crippen molar-refractivity contribution in [3.05, 3.63) is 35.9 Å². The van der Waals surface area contributed by atoms with Crippen LogP contribution in [0.15, 0.2) is 30.3 Å². The largest absolute Gasteiger partial charge is 0.395 e. The van der Waals surface area contributed by atoms with Crippen LogP contribution >= 0.6 is 0 Å². The molecule has 0 unspecified atom stereocenters. The fourth-order valence-electron chi connectivity index (χ4n) is 2.62. The number of nitrogens with two attached hydrogens (primary N) is 1. The van der Waals surface area contributed by atoms with Crippen molar-refractivity contribution < 1.29 is 5.11 Å². The van der Waals surface area contributed by atoms with E-state index in [1.807, 2.05) is 6.07 Å². The quantitative estimate of drug-likeness (QED) is 0.799. The molecule has 3 nitrogen and oxygen atoms in total. The highest BCUT2D eigenvalue weighted by molar-refractivity contribution is 5.15. The van der Waals surface area contributed by atoms with E-state index >= 15 is 0 Å². The lowest BCUT2D eigenvalue weighted by Gasteiger charge is -2.26. The molecule has 1 aliphatic rings. The van der Waals surface area contributed by atoms with E-state index in [1.54, 1.807) is 0 Å². The first kappa shape index (κ1) is 12.6. The summed E-state index contributed by atoms with van der Waals surface area (Å²) in [6.45, 7) is 2.23. The van der Waals surface area contributed by atoms with E-state index in [9.17, 15) is 5.11 Å². The molecular weight excluding hydrogens is 212 g/mol. The van der Waals surface area contributed by atoms with E-state index in [0.29, 0.717) is 6.04 Å². The summed E-state index contributed by atoms with van der Waals surface area (Å²) in [5, 5.41) is 9.26. The summed E-state index contributed by atoms with van der Waals surface area (Å²) in [5.74, 6) is 0. The minimum atomic E-state index is 0.157. The number of hydrogen-bond acceptors (Lipinski definition) is 3. The van der Waals surface area contributed by atoms with Crippen LogP contribution in [-0.2, 0) is 6.42 Å². The predicted octanol–water partition coefficient (Wildman–Crippen LogP) is 1.01. The molecule has 94 valence electrons. The first-order chi connectivity index (χ1) is 8.29. The topological polar surface area (TPSA) is 49.5 Å². The van der Waals surface area contributed by atoms with Crippen LogP contribution < -0.4 is 5.73 Å². The molecule has 0 aromatic heterocycles. The summed E-state index contributed by atoms with van der Waals surface area (Å²) in [7, 11) is 0. The van der Waals surface area contributed by atoms with Crippen molar-refractivity contribution in [3.63, 3.8) is 0 Å². The van der Waals surface area contributed by atoms with Gasteiger partial charge in [-0.3, -0.25) is 4.90 Å². The first-order valence-electron chi connectivity index (χ1n) is 6.44. The number of aliphatic hydroxyl groups excluding tert-OH is 1. The SMILES string of the molecule is N[C@@H](Cc1ccccc1)CN1CCC[C@@H]1CO. The van der Waals surface area contributed by atoms with Crippen LogP contribution in [0.25, 0.3) is 0 Å². The Morgan fingerprint density at radius 1 is 1.35 bits per heavy atom. The van der Waals surface area contributed by atoms with Crippen molar-refractivity contribution in [1.29, 1.82) is 0 Å². The Morgan fingerprint density at radius 3 is 2.82 bits per heavy atom. The predicted molar refractivity (Wildman–Crippen MR) is 69.8 cm³/mol. The Labute approximate surface area is 103 Å². The Morgan fingerprint density at radius 2 is 2.12 bits per heavy atom. The number of benzene rings is 1. The molecule has 1 aliphatic heterocycles. The Balaban J connectivity index is 1.83. The summed E-state index contributed by atoms with van der Waals surface area (Å²) >= 11 is 0. The fraction of sp³-hybridized carbons (Fsp3) is 0.571. The summed E-state index contributed by atoms with van der Waals surface area (Å²) in [4.78, 5) is 2.33. The van der Waals surface area contributed by atoms with Crippen LogP contribution in [0.5, 0.6) is 0 Å². The van der Waals surface area contributed by atoms with Crippen LogP contribution in [0, 0.1) is 0 Å². The molecule has 0 amide bonds. The molecule has 1 saturated heterocycles. The molecule has 0 radical (unpaired) electrons. The van der Waals surface area contributed by atoms with E-state index < -0.39 is 0 Å². The average Bonchev–Trinajstić information content (AvgIpc) is 2.77. The Hall–Kier alpha value is -0.900. The van der Waals surface area contributed by atoms with Crippen LogP contribution in [0.2, 0.25) is 0 Å². The monoisotopic (exact) mass is 234 g/mol. The van der Waals surface area contributed by atoms with Gasteiger partial charge in [-0.15, -0.1) is 0 Å². The van der Waals surface area contributed by atoms with Gasteiger partial charge in [0.2, 0.25) is 0 Å². The highest BCUT2D eigenvalue weighted by atomic mass is 16.3. The zero-order valence-electron chi connectivity index (χ0n) is 10.3. The van der Waals surface area contributed by atoms with Gasteiger partial charge in [-0.2, -0.15) is 0 Å². The lowest BCUT2D eigenvalue weighted by Crippen LogP contribution is -2.42. The van der Waals surface area contributed by atoms with Crippen molar-refractivity contribution in [2.75, 3.05) is 19.7 Å². The second-order valence-electron chi connectivity index (χ2n) is 4.92. The van der Waals surface area contributed by atoms with Gasteiger partial charge in [-0.05, 0) is 31.4 Å². The first-order valence-corrected chi connectivity index (χ1v) is 6.44. The van der Waals surface area contributed by atoms with Gasteiger partial charge in [-0.25, -0.2) is 0 Å². The molecule has 1 aromatic rings. The second kappa shape index (κ2) is 6.15. The van der Waals surface area contributed by atoms with Gasteiger partial charge >= 0.3 is 0 Å². The van der Waals surface area contributed by atoms with Gasteiger partial charge in [0, 0.05) is 18.6 Å². The molecule has 3 N–H and O–H groups in total. The molecule has 2 rings (SSSR count). The lowest BCUT2D eigenvalue weighted by molar-refractivity contribution is 0.152. The molecule has 1 fully saturated rings. The van der Waals surface area contributed by atoms with Gasteiger partial charge in [0.1, 0.15) is 0 Å². The lowest BCUT2D eigenvalue weighted by atomic mass is 10.1. The number of hydrogen-bond donors (Lipinski definition) is 2. The van der Waals surface area contributed by atoms with Crippen LogP contribution in [0.3, 0.4) is 0 Å². The molecule has 0 saturated carbocycles. The minimum Gasteiger partial charge on any atom is -0.395 e. The molecule has 0 bridgehead atoms. The number of aliphatic hydroxyl groups is 1. The third-order valence-electron chi connectivity index (χ3n) is 3.52. The Kier molecular flexibility index (Phi) is 4.54. The molecule has 3 heteroatoms. The maximum Gasteiger partial charge on any atom is 0.0586 e. The van der Waals surface area contributed by atoms with E-state index in [1.165, 1.54) is 12.0 Å². The van der Waals surface area contributed by atoms with Crippen LogP contribution in [-0.4, -0.2) is 41.8 Å². The average molecular weight is 234 g/mol. The Bertz CT molecular complexity index is 328. The van der Waals surface area contributed by atoms with Crippen molar-refractivity contribution >= 4 is 0 Å². The molecule has 2 atom stereocenters. The fourth-order valence-corrected chi connectivity index (χ4v) is 2.62. The number of likely N-dealkylation sites (tertiary alicyclic amines) is 1. The van der Waals surface area contributed by atoms with Gasteiger partial charge in [0.25, 0.3) is 0 Å². The van der Waals surface area contributed by atoms with Crippen LogP contribution in [0.4, 0.5) is 0 Å². The van der Waals surface area contributed by atoms with E-state index in [4.69, 9.17) is 5.73 Å². The standard InChI is InChI=1S/C14H22N2O/c15-13(9-12-5-2-1-3-6-12)10-16-8-4-7-14(16)11-17/h1-3,5-6,13-14,17H,4,7-11,15H2/t13-,14+/m0/s1. The molecule has 0 aliphatic carbocycles. The molecule has 0 spiro atoms. The van der Waals surface area contributed by atoms with E-state index in [2.05, 4.69) is 29.2 Å². The highest BCUT2D eigenvalue weighted by Crippen LogP contribution is 2.17. The van der Waals surface area contributed by atoms with Gasteiger partial charge in [-0.1, -0.05) is 30.3 Å². The molecule has 1 heterocycles. The third kappa shape index (κ3) is 3.53. The summed E-state index contributed by atoms with van der Waals surface area (Å²) in [5.41, 5.74) is 7.47. The van der Waals surface area contributed by atoms with E-state index in [-0.39, 0.29) is 12.6 Å². The minimum absolute atomic E-state index is 0.157. The van der Waals surface area contributed by atoms with Crippen molar-refractivity contribution in [1.82, 2.24) is 4.90 Å². The summed E-state index contributed by atoms with van der Waals surface area (Å²) in [6, 6.07) is 10.8. The second-order valence-corrected chi connectivity index (χ2v) is 4.92. The van der Waals surface area contributed by atoms with Crippen molar-refractivity contribution in [3.8, 4) is 0 Å². The van der Waals surface area contributed by atoms with Crippen molar-refractivity contribution in [2.24, 2.45) is 5.73 Å². The summed E-state index contributed by atoms with van der Waals surface area (Å²) in [6.07, 6.45) is 3.20. The molecular formula is C14H22N2O.